The number of furan rings is 1. The molecule has 0 saturated carbocycles. The molecule has 0 aromatic carbocycles. The summed E-state index contributed by atoms with van der Waals surface area (Å²) in [6.45, 7) is 1.83. The zero-order chi connectivity index (χ0) is 9.14. The summed E-state index contributed by atoms with van der Waals surface area (Å²) in [4.78, 5) is 10.7. The van der Waals surface area contributed by atoms with E-state index in [-0.39, 0.29) is 0 Å². The molecule has 1 unspecified atom stereocenters. The number of hydrogen-bond acceptors (Lipinski definition) is 2. The van der Waals surface area contributed by atoms with Crippen LogP contribution in [0.3, 0.4) is 0 Å². The largest absolute Gasteiger partial charge is 0.481 e. The lowest BCUT2D eigenvalue weighted by molar-refractivity contribution is -0.139. The maximum absolute atomic E-state index is 10.7. The predicted molar refractivity (Wildman–Crippen MR) is 52.1 cm³/mol. The van der Waals surface area contributed by atoms with Crippen molar-refractivity contribution < 1.29 is 14.3 Å². The number of carboxylic acids is 1. The Kier molecular flexibility index (Phi) is 3.13. The summed E-state index contributed by atoms with van der Waals surface area (Å²) in [5.41, 5.74) is 0. The number of hydrogen-bond donors (Lipinski definition) is 1. The second-order valence-electron chi connectivity index (χ2n) is 2.44. The van der Waals surface area contributed by atoms with E-state index in [1.54, 1.807) is 12.1 Å². The van der Waals surface area contributed by atoms with Crippen LogP contribution in [0.1, 0.15) is 25.0 Å². The second-order valence-corrected chi connectivity index (χ2v) is 3.50. The van der Waals surface area contributed by atoms with Crippen LogP contribution in [0.4, 0.5) is 0 Å². The number of carbonyl (C=O) groups is 1. The predicted octanol–water partition coefficient (Wildman–Crippen LogP) is 2.46. The zero-order valence-electron chi connectivity index (χ0n) is 6.58. The Labute approximate surface area is 83.9 Å². The minimum absolute atomic E-state index is 0.506. The highest BCUT2D eigenvalue weighted by Gasteiger charge is 2.20. The highest BCUT2D eigenvalue weighted by atomic mass is 127. The van der Waals surface area contributed by atoms with E-state index in [0.29, 0.717) is 12.2 Å². The van der Waals surface area contributed by atoms with Crippen LogP contribution in [-0.2, 0) is 4.79 Å². The van der Waals surface area contributed by atoms with E-state index in [9.17, 15) is 4.79 Å². The summed E-state index contributed by atoms with van der Waals surface area (Å²) in [6, 6.07) is 3.48. The van der Waals surface area contributed by atoms with Gasteiger partial charge in [-0.15, -0.1) is 0 Å². The Bertz CT molecular complexity index is 280. The molecule has 1 rings (SSSR count). The van der Waals surface area contributed by atoms with Crippen molar-refractivity contribution >= 4 is 28.6 Å². The van der Waals surface area contributed by atoms with E-state index in [1.807, 2.05) is 29.5 Å². The van der Waals surface area contributed by atoms with Gasteiger partial charge in [-0.25, -0.2) is 0 Å². The third-order valence-corrected chi connectivity index (χ3v) is 2.22. The molecule has 1 aromatic heterocycles. The first-order valence-corrected chi connectivity index (χ1v) is 4.71. The quantitative estimate of drug-likeness (QED) is 0.865. The van der Waals surface area contributed by atoms with Gasteiger partial charge in [0.2, 0.25) is 0 Å². The Morgan fingerprint density at radius 2 is 2.42 bits per heavy atom. The molecule has 3 nitrogen and oxygen atoms in total. The van der Waals surface area contributed by atoms with Crippen LogP contribution in [0, 0.1) is 3.77 Å². The summed E-state index contributed by atoms with van der Waals surface area (Å²) in [7, 11) is 0. The summed E-state index contributed by atoms with van der Waals surface area (Å²) in [6.07, 6.45) is 0.554. The van der Waals surface area contributed by atoms with E-state index in [1.165, 1.54) is 0 Å². The average molecular weight is 280 g/mol. The molecular weight excluding hydrogens is 271 g/mol. The van der Waals surface area contributed by atoms with E-state index in [4.69, 9.17) is 9.52 Å². The molecule has 0 saturated heterocycles. The highest BCUT2D eigenvalue weighted by Crippen LogP contribution is 2.22. The molecule has 0 radical (unpaired) electrons. The van der Waals surface area contributed by atoms with Crippen LogP contribution in [-0.4, -0.2) is 11.1 Å². The number of aliphatic carboxylic acids is 1. The van der Waals surface area contributed by atoms with Crippen LogP contribution in [0.15, 0.2) is 16.5 Å². The smallest absolute Gasteiger partial charge is 0.314 e. The topological polar surface area (TPSA) is 50.4 Å². The van der Waals surface area contributed by atoms with Crippen molar-refractivity contribution in [2.75, 3.05) is 0 Å². The van der Waals surface area contributed by atoms with Gasteiger partial charge in [0.15, 0.2) is 3.77 Å². The van der Waals surface area contributed by atoms with Gasteiger partial charge in [-0.2, -0.15) is 0 Å². The molecule has 1 N–H and O–H groups in total. The van der Waals surface area contributed by atoms with Gasteiger partial charge in [0.1, 0.15) is 11.7 Å². The minimum atomic E-state index is -0.830. The van der Waals surface area contributed by atoms with Crippen molar-refractivity contribution in [1.82, 2.24) is 0 Å². The van der Waals surface area contributed by atoms with E-state index < -0.39 is 11.9 Å². The lowest BCUT2D eigenvalue weighted by Crippen LogP contribution is -2.09. The van der Waals surface area contributed by atoms with Gasteiger partial charge in [-0.05, 0) is 41.1 Å². The standard InChI is InChI=1S/C8H9IO3/c1-2-5(8(10)11)6-3-4-7(9)12-6/h3-5H,2H2,1H3,(H,10,11). The van der Waals surface area contributed by atoms with Crippen LogP contribution in [0.5, 0.6) is 0 Å². The number of halogens is 1. The lowest BCUT2D eigenvalue weighted by atomic mass is 10.0. The van der Waals surface area contributed by atoms with Gasteiger partial charge in [0.05, 0.1) is 0 Å². The number of rotatable bonds is 3. The highest BCUT2D eigenvalue weighted by molar-refractivity contribution is 14.1. The van der Waals surface area contributed by atoms with Crippen LogP contribution in [0.2, 0.25) is 0 Å². The Morgan fingerprint density at radius 1 is 1.75 bits per heavy atom. The summed E-state index contributed by atoms with van der Waals surface area (Å²) < 4.78 is 5.93. The second kappa shape index (κ2) is 3.93. The fourth-order valence-electron chi connectivity index (χ4n) is 1.01. The molecule has 0 amide bonds. The Hall–Kier alpha value is -0.520. The molecule has 0 spiro atoms. The van der Waals surface area contributed by atoms with Crippen molar-refractivity contribution in [3.63, 3.8) is 0 Å². The van der Waals surface area contributed by atoms with Gasteiger partial charge >= 0.3 is 5.97 Å². The number of carboxylic acid groups (broad SMARTS) is 1. The molecule has 1 aromatic rings. The molecule has 0 bridgehead atoms. The van der Waals surface area contributed by atoms with E-state index in [2.05, 4.69) is 0 Å². The molecule has 12 heavy (non-hydrogen) atoms. The molecule has 1 atom stereocenters. The molecule has 4 heteroatoms. The normalized spacial score (nSPS) is 12.8. The van der Waals surface area contributed by atoms with Crippen LogP contribution >= 0.6 is 22.6 Å². The first-order valence-electron chi connectivity index (χ1n) is 3.63. The van der Waals surface area contributed by atoms with Crippen LogP contribution in [0.25, 0.3) is 0 Å². The van der Waals surface area contributed by atoms with Crippen molar-refractivity contribution in [2.45, 2.75) is 19.3 Å². The van der Waals surface area contributed by atoms with Crippen molar-refractivity contribution in [3.8, 4) is 0 Å². The Morgan fingerprint density at radius 3 is 2.75 bits per heavy atom. The fourth-order valence-corrected chi connectivity index (χ4v) is 1.45. The van der Waals surface area contributed by atoms with E-state index in [0.717, 1.165) is 3.77 Å². The summed E-state index contributed by atoms with van der Waals surface area (Å²) in [5, 5.41) is 8.77. The van der Waals surface area contributed by atoms with Crippen LogP contribution < -0.4 is 0 Å². The summed E-state index contributed by atoms with van der Waals surface area (Å²) in [5.74, 6) is -0.800. The molecule has 0 fully saturated rings. The maximum atomic E-state index is 10.7. The van der Waals surface area contributed by atoms with Gasteiger partial charge in [0.25, 0.3) is 0 Å². The van der Waals surface area contributed by atoms with Gasteiger partial charge in [0, 0.05) is 0 Å². The van der Waals surface area contributed by atoms with Gasteiger partial charge < -0.3 is 9.52 Å². The first kappa shape index (κ1) is 9.57. The van der Waals surface area contributed by atoms with Gasteiger partial charge in [-0.3, -0.25) is 4.79 Å². The third-order valence-electron chi connectivity index (χ3n) is 1.64. The Balaban J connectivity index is 2.87. The SMILES string of the molecule is CCC(C(=O)O)c1ccc(I)o1. The zero-order valence-corrected chi connectivity index (χ0v) is 8.74. The van der Waals surface area contributed by atoms with Crippen molar-refractivity contribution in [1.29, 1.82) is 0 Å². The molecule has 1 heterocycles. The van der Waals surface area contributed by atoms with Crippen molar-refractivity contribution in [2.24, 2.45) is 0 Å². The molecule has 0 aliphatic heterocycles. The molecule has 0 aliphatic carbocycles. The average Bonchev–Trinajstić information content (AvgIpc) is 2.37. The van der Waals surface area contributed by atoms with Crippen molar-refractivity contribution in [3.05, 3.63) is 21.7 Å². The minimum Gasteiger partial charge on any atom is -0.481 e. The maximum Gasteiger partial charge on any atom is 0.314 e. The molecular formula is C8H9IO3. The fraction of sp³-hybridized carbons (Fsp3) is 0.375. The lowest BCUT2D eigenvalue weighted by Gasteiger charge is -2.04. The summed E-state index contributed by atoms with van der Waals surface area (Å²) >= 11 is 2.01. The monoisotopic (exact) mass is 280 g/mol. The molecule has 0 aliphatic rings. The molecule has 66 valence electrons. The third kappa shape index (κ3) is 2.00. The van der Waals surface area contributed by atoms with Gasteiger partial charge in [-0.1, -0.05) is 6.92 Å². The van der Waals surface area contributed by atoms with E-state index >= 15 is 0 Å². The first-order chi connectivity index (χ1) is 5.65.